The van der Waals surface area contributed by atoms with Crippen LogP contribution in [0.25, 0.3) is 0 Å². The number of esters is 1. The number of carbonyl (C=O) groups is 3. The first-order chi connectivity index (χ1) is 21.2. The predicted molar refractivity (Wildman–Crippen MR) is 166 cm³/mol. The summed E-state index contributed by atoms with van der Waals surface area (Å²) < 4.78 is 33.9. The molecule has 0 aliphatic carbocycles. The molecule has 1 saturated heterocycles. The molecule has 1 aromatic carbocycles. The molecular formula is C26H31ClN5O9PS2. The minimum absolute atomic E-state index is 0.0200. The maximum Gasteiger partial charge on any atom is 0.434 e. The van der Waals surface area contributed by atoms with Crippen LogP contribution in [0.4, 0.5) is 5.13 Å². The number of nitrogens with one attached hydrogen (secondary N) is 2. The van der Waals surface area contributed by atoms with Gasteiger partial charge in [-0.25, -0.2) is 14.3 Å². The predicted octanol–water partition coefficient (Wildman–Crippen LogP) is 3.73. The molecule has 18 heteroatoms. The molecule has 2 aliphatic rings. The van der Waals surface area contributed by atoms with Crippen LogP contribution in [0, 0.1) is 0 Å². The first-order valence-electron chi connectivity index (χ1n) is 13.3. The molecule has 238 valence electrons. The lowest BCUT2D eigenvalue weighted by atomic mass is 10.0. The molecule has 2 atom stereocenters. The Morgan fingerprint density at radius 1 is 1.18 bits per heavy atom. The maximum absolute atomic E-state index is 13.3. The number of ether oxygens (including phenoxy) is 2. The number of oxime groups is 1. The molecule has 2 aromatic rings. The summed E-state index contributed by atoms with van der Waals surface area (Å²) in [7, 11) is -0.861. The molecule has 0 saturated carbocycles. The van der Waals surface area contributed by atoms with Gasteiger partial charge in [0.25, 0.3) is 11.8 Å². The van der Waals surface area contributed by atoms with E-state index >= 15 is 0 Å². The van der Waals surface area contributed by atoms with Gasteiger partial charge in [0.05, 0.1) is 20.3 Å². The summed E-state index contributed by atoms with van der Waals surface area (Å²) in [6, 6.07) is 6.05. The van der Waals surface area contributed by atoms with E-state index in [0.29, 0.717) is 17.1 Å². The molecule has 0 radical (unpaired) electrons. The van der Waals surface area contributed by atoms with E-state index in [4.69, 9.17) is 35.0 Å². The SMILES string of the molecule is CCOP(=O)(Nc1nc(C(=NOC)C(=O)NC2C(=O)N3C(C(=O)OCc4ccc(OC)cc4)=C(CCl)CSC23)cs1)OCC. The molecule has 1 aromatic heterocycles. The molecule has 44 heavy (non-hydrogen) atoms. The molecular weight excluding hydrogens is 657 g/mol. The topological polar surface area (TPSA) is 167 Å². The van der Waals surface area contributed by atoms with Gasteiger partial charge in [-0.2, -0.15) is 0 Å². The standard InChI is InChI=1S/C26H31ClN5O9PS2/c1-5-40-42(36,41-6-2)31-26-28-18(14-44-26)19(30-38-4)22(33)29-20-23(34)32-21(16(11-27)13-43-24(20)32)25(35)39-12-15-7-9-17(37-3)10-8-15/h7-10,14,20,24H,5-6,11-13H2,1-4H3,(H,29,33)(H,28,31,36). The Labute approximate surface area is 267 Å². The Balaban J connectivity index is 1.44. The van der Waals surface area contributed by atoms with Crippen molar-refractivity contribution in [2.24, 2.45) is 5.16 Å². The highest BCUT2D eigenvalue weighted by Gasteiger charge is 2.54. The molecule has 2 aliphatic heterocycles. The molecule has 0 bridgehead atoms. The monoisotopic (exact) mass is 687 g/mol. The minimum atomic E-state index is -3.67. The quantitative estimate of drug-likeness (QED) is 0.0697. The summed E-state index contributed by atoms with van der Waals surface area (Å²) in [5, 5.41) is 10.2. The number of hydrogen-bond acceptors (Lipinski definition) is 13. The number of thiazole rings is 1. The largest absolute Gasteiger partial charge is 0.497 e. The molecule has 14 nitrogen and oxygen atoms in total. The summed E-state index contributed by atoms with van der Waals surface area (Å²) in [4.78, 5) is 50.2. The highest BCUT2D eigenvalue weighted by molar-refractivity contribution is 8.00. The van der Waals surface area contributed by atoms with E-state index in [1.807, 2.05) is 0 Å². The van der Waals surface area contributed by atoms with Gasteiger partial charge in [-0.1, -0.05) is 17.3 Å². The fourth-order valence-corrected chi connectivity index (χ4v) is 8.14. The van der Waals surface area contributed by atoms with Gasteiger partial charge < -0.3 is 19.6 Å². The number of amides is 2. The highest BCUT2D eigenvalue weighted by Crippen LogP contribution is 2.48. The van der Waals surface area contributed by atoms with Crippen molar-refractivity contribution in [1.29, 1.82) is 0 Å². The number of alkyl halides is 1. The van der Waals surface area contributed by atoms with Gasteiger partial charge in [0.2, 0.25) is 0 Å². The van der Waals surface area contributed by atoms with E-state index in [0.717, 1.165) is 16.9 Å². The van der Waals surface area contributed by atoms with Crippen molar-refractivity contribution < 1.29 is 42.3 Å². The second-order valence-electron chi connectivity index (χ2n) is 8.98. The Kier molecular flexibility index (Phi) is 11.7. The zero-order valence-corrected chi connectivity index (χ0v) is 27.5. The van der Waals surface area contributed by atoms with Crippen LogP contribution in [0.2, 0.25) is 0 Å². The van der Waals surface area contributed by atoms with Gasteiger partial charge >= 0.3 is 13.7 Å². The summed E-state index contributed by atoms with van der Waals surface area (Å²) in [6.07, 6.45) is 0. The van der Waals surface area contributed by atoms with Crippen LogP contribution < -0.4 is 15.1 Å². The number of β-lactam (4-membered cyclic amide) rings is 1. The second kappa shape index (κ2) is 15.2. The lowest BCUT2D eigenvalue weighted by Gasteiger charge is -2.49. The average molecular weight is 688 g/mol. The lowest BCUT2D eigenvalue weighted by Crippen LogP contribution is -2.71. The number of benzene rings is 1. The number of thioether (sulfide) groups is 1. The number of aromatic nitrogens is 1. The molecule has 2 unspecified atom stereocenters. The van der Waals surface area contributed by atoms with Crippen LogP contribution in [0.5, 0.6) is 5.75 Å². The number of hydrogen-bond donors (Lipinski definition) is 2. The highest BCUT2D eigenvalue weighted by atomic mass is 35.5. The van der Waals surface area contributed by atoms with Gasteiger partial charge in [0.1, 0.15) is 42.3 Å². The molecule has 2 amide bonds. The van der Waals surface area contributed by atoms with Crippen LogP contribution in [-0.2, 0) is 44.2 Å². The van der Waals surface area contributed by atoms with Crippen LogP contribution in [-0.4, -0.2) is 83.9 Å². The molecule has 4 rings (SSSR count). The summed E-state index contributed by atoms with van der Waals surface area (Å²) in [5.74, 6) is -0.898. The van der Waals surface area contributed by atoms with E-state index in [9.17, 15) is 18.9 Å². The third-order valence-corrected chi connectivity index (χ3v) is 10.4. The Morgan fingerprint density at radius 3 is 2.50 bits per heavy atom. The van der Waals surface area contributed by atoms with Crippen molar-refractivity contribution in [3.05, 3.63) is 52.2 Å². The smallest absolute Gasteiger partial charge is 0.434 e. The lowest BCUT2D eigenvalue weighted by molar-refractivity contribution is -0.153. The van der Waals surface area contributed by atoms with Gasteiger partial charge in [0.15, 0.2) is 10.8 Å². The molecule has 0 spiro atoms. The number of fused-ring (bicyclic) bond motifs is 1. The first-order valence-corrected chi connectivity index (χ1v) is 17.3. The summed E-state index contributed by atoms with van der Waals surface area (Å²) in [6.45, 7) is 3.59. The van der Waals surface area contributed by atoms with Gasteiger partial charge in [0, 0.05) is 17.0 Å². The first kappa shape index (κ1) is 33.7. The number of carbonyl (C=O) groups excluding carboxylic acids is 3. The van der Waals surface area contributed by atoms with E-state index in [-0.39, 0.29) is 47.9 Å². The van der Waals surface area contributed by atoms with Gasteiger partial charge in [-0.3, -0.25) is 28.6 Å². The molecule has 1 fully saturated rings. The normalized spacial score (nSPS) is 18.3. The second-order valence-corrected chi connectivity index (χ2v) is 12.9. The van der Waals surface area contributed by atoms with Crippen LogP contribution in [0.3, 0.4) is 0 Å². The van der Waals surface area contributed by atoms with E-state index in [1.54, 1.807) is 45.2 Å². The van der Waals surface area contributed by atoms with Crippen molar-refractivity contribution in [2.45, 2.75) is 31.9 Å². The van der Waals surface area contributed by atoms with Crippen molar-refractivity contribution in [2.75, 3.05) is 44.2 Å². The van der Waals surface area contributed by atoms with E-state index in [1.165, 1.54) is 29.2 Å². The molecule has 3 heterocycles. The number of nitrogens with zero attached hydrogens (tertiary/aromatic N) is 3. The minimum Gasteiger partial charge on any atom is -0.497 e. The van der Waals surface area contributed by atoms with Crippen LogP contribution in [0.1, 0.15) is 25.1 Å². The van der Waals surface area contributed by atoms with Crippen LogP contribution >= 0.6 is 42.4 Å². The van der Waals surface area contributed by atoms with Crippen molar-refractivity contribution in [3.63, 3.8) is 0 Å². The van der Waals surface area contributed by atoms with Crippen molar-refractivity contribution in [1.82, 2.24) is 15.2 Å². The number of halogens is 1. The third-order valence-electron chi connectivity index (χ3n) is 6.19. The Morgan fingerprint density at radius 2 is 1.89 bits per heavy atom. The molecule has 2 N–H and O–H groups in total. The zero-order valence-electron chi connectivity index (χ0n) is 24.2. The summed E-state index contributed by atoms with van der Waals surface area (Å²) in [5.41, 5.74) is 1.23. The number of methoxy groups -OCH3 is 1. The summed E-state index contributed by atoms with van der Waals surface area (Å²) >= 11 is 8.52. The number of rotatable bonds is 15. The van der Waals surface area contributed by atoms with E-state index < -0.39 is 36.9 Å². The van der Waals surface area contributed by atoms with E-state index in [2.05, 4.69) is 20.5 Å². The Hall–Kier alpha value is -3.14. The van der Waals surface area contributed by atoms with Crippen molar-refractivity contribution in [3.8, 4) is 5.75 Å². The average Bonchev–Trinajstić information content (AvgIpc) is 3.47. The number of anilines is 1. The maximum atomic E-state index is 13.3. The zero-order chi connectivity index (χ0) is 31.9. The fraction of sp³-hybridized carbons (Fsp3) is 0.423. The van der Waals surface area contributed by atoms with Gasteiger partial charge in [-0.05, 0) is 37.1 Å². The van der Waals surface area contributed by atoms with Crippen molar-refractivity contribution >= 4 is 71.1 Å². The fourth-order valence-electron chi connectivity index (χ4n) is 4.21. The van der Waals surface area contributed by atoms with Gasteiger partial charge in [-0.15, -0.1) is 34.7 Å². The van der Waals surface area contributed by atoms with Crippen LogP contribution in [0.15, 0.2) is 46.1 Å². The third kappa shape index (κ3) is 7.56. The Bertz CT molecular complexity index is 1480.